The van der Waals surface area contributed by atoms with Crippen LogP contribution in [0.1, 0.15) is 23.1 Å². The number of carbonyl (C=O) groups is 1. The number of hydrogen-bond donors (Lipinski definition) is 2. The van der Waals surface area contributed by atoms with Gasteiger partial charge in [-0.1, -0.05) is 47.7 Å². The van der Waals surface area contributed by atoms with Gasteiger partial charge in [0.1, 0.15) is 5.75 Å². The van der Waals surface area contributed by atoms with Crippen LogP contribution in [0.15, 0.2) is 77.9 Å². The van der Waals surface area contributed by atoms with Crippen molar-refractivity contribution in [1.82, 2.24) is 10.4 Å². The monoisotopic (exact) mass is 444 g/mol. The topological polar surface area (TPSA) is 89.6 Å². The van der Waals surface area contributed by atoms with Crippen LogP contribution in [0.4, 0.5) is 5.13 Å². The predicted molar refractivity (Wildman–Crippen MR) is 130 cm³/mol. The van der Waals surface area contributed by atoms with Gasteiger partial charge >= 0.3 is 0 Å². The molecule has 4 rings (SSSR count). The van der Waals surface area contributed by atoms with Crippen LogP contribution < -0.4 is 15.9 Å². The Labute approximate surface area is 190 Å². The van der Waals surface area contributed by atoms with E-state index in [0.717, 1.165) is 39.9 Å². The second kappa shape index (κ2) is 10.5. The molecule has 0 saturated carbocycles. The number of anilines is 1. The Morgan fingerprint density at radius 1 is 1.06 bits per heavy atom. The number of aryl methyl sites for hydroxylation is 1. The van der Waals surface area contributed by atoms with Crippen LogP contribution in [0.3, 0.4) is 0 Å². The standard InChI is InChI=1S/C25H24N4O2S/c26-25-28-22-13-10-20(15-23(22)32-25)16-24(30)29-27-17-19-8-11-21(12-9-19)31-14-4-7-18-5-2-1-3-6-18/h1-3,5-6,8-13,15,17H,4,7,14,16H2,(H2,26,28)(H,29,30)/b27-17-. The molecule has 162 valence electrons. The van der Waals surface area contributed by atoms with E-state index in [-0.39, 0.29) is 12.3 Å². The van der Waals surface area contributed by atoms with E-state index in [0.29, 0.717) is 11.7 Å². The summed E-state index contributed by atoms with van der Waals surface area (Å²) < 4.78 is 6.77. The quantitative estimate of drug-likeness (QED) is 0.225. The minimum absolute atomic E-state index is 0.184. The van der Waals surface area contributed by atoms with Gasteiger partial charge in [0.25, 0.3) is 0 Å². The van der Waals surface area contributed by atoms with Crippen molar-refractivity contribution >= 4 is 38.8 Å². The van der Waals surface area contributed by atoms with Gasteiger partial charge in [-0.3, -0.25) is 4.79 Å². The molecule has 7 heteroatoms. The number of nitrogen functional groups attached to an aromatic ring is 1. The van der Waals surface area contributed by atoms with Gasteiger partial charge in [-0.15, -0.1) is 0 Å². The summed E-state index contributed by atoms with van der Waals surface area (Å²) in [6, 6.07) is 23.7. The molecule has 1 heterocycles. The molecule has 0 aliphatic carbocycles. The van der Waals surface area contributed by atoms with Gasteiger partial charge in [0.15, 0.2) is 5.13 Å². The first kappa shape index (κ1) is 21.5. The molecule has 3 N–H and O–H groups in total. The van der Waals surface area contributed by atoms with Gasteiger partial charge in [0.2, 0.25) is 5.91 Å². The number of aromatic nitrogens is 1. The Bertz CT molecular complexity index is 1200. The smallest absolute Gasteiger partial charge is 0.244 e. The second-order valence-electron chi connectivity index (χ2n) is 7.33. The van der Waals surface area contributed by atoms with Crippen LogP contribution in [0.2, 0.25) is 0 Å². The summed E-state index contributed by atoms with van der Waals surface area (Å²) in [5.74, 6) is 0.634. The van der Waals surface area contributed by atoms with E-state index in [1.54, 1.807) is 6.21 Å². The number of nitrogens with one attached hydrogen (secondary N) is 1. The number of amides is 1. The summed E-state index contributed by atoms with van der Waals surface area (Å²) in [4.78, 5) is 16.4. The molecule has 0 spiro atoms. The Morgan fingerprint density at radius 2 is 1.88 bits per heavy atom. The first-order chi connectivity index (χ1) is 15.7. The Morgan fingerprint density at radius 3 is 2.69 bits per heavy atom. The largest absolute Gasteiger partial charge is 0.494 e. The molecule has 0 aliphatic rings. The molecule has 0 bridgehead atoms. The molecule has 0 saturated heterocycles. The maximum Gasteiger partial charge on any atom is 0.244 e. The summed E-state index contributed by atoms with van der Waals surface area (Å²) in [5, 5.41) is 4.57. The number of nitrogens with zero attached hydrogens (tertiary/aromatic N) is 2. The summed E-state index contributed by atoms with van der Waals surface area (Å²) in [6.45, 7) is 0.665. The molecule has 3 aromatic carbocycles. The van der Waals surface area contributed by atoms with Crippen molar-refractivity contribution in [1.29, 1.82) is 0 Å². The third-order valence-electron chi connectivity index (χ3n) is 4.84. The maximum atomic E-state index is 12.2. The zero-order valence-electron chi connectivity index (χ0n) is 17.5. The molecule has 1 amide bonds. The Hall–Kier alpha value is -3.71. The molecule has 0 unspecified atom stereocenters. The number of benzene rings is 3. The molecule has 0 aliphatic heterocycles. The number of fused-ring (bicyclic) bond motifs is 1. The third kappa shape index (κ3) is 6.15. The molecule has 1 aromatic heterocycles. The van der Waals surface area contributed by atoms with Crippen molar-refractivity contribution in [2.45, 2.75) is 19.3 Å². The first-order valence-corrected chi connectivity index (χ1v) is 11.2. The van der Waals surface area contributed by atoms with Crippen molar-refractivity contribution in [3.63, 3.8) is 0 Å². The van der Waals surface area contributed by atoms with E-state index in [2.05, 4.69) is 39.8 Å². The van der Waals surface area contributed by atoms with Crippen molar-refractivity contribution < 1.29 is 9.53 Å². The van der Waals surface area contributed by atoms with Crippen molar-refractivity contribution in [3.8, 4) is 5.75 Å². The molecule has 32 heavy (non-hydrogen) atoms. The average Bonchev–Trinajstić information content (AvgIpc) is 3.18. The third-order valence-corrected chi connectivity index (χ3v) is 5.69. The highest BCUT2D eigenvalue weighted by Gasteiger charge is 2.06. The minimum atomic E-state index is -0.184. The van der Waals surface area contributed by atoms with Crippen LogP contribution >= 0.6 is 11.3 Å². The fourth-order valence-electron chi connectivity index (χ4n) is 3.26. The van der Waals surface area contributed by atoms with E-state index >= 15 is 0 Å². The zero-order chi connectivity index (χ0) is 22.2. The molecule has 0 atom stereocenters. The molecular formula is C25H24N4O2S. The Kier molecular flexibility index (Phi) is 7.09. The molecule has 6 nitrogen and oxygen atoms in total. The van der Waals surface area contributed by atoms with E-state index in [1.165, 1.54) is 16.9 Å². The predicted octanol–water partition coefficient (Wildman–Crippen LogP) is 4.58. The van der Waals surface area contributed by atoms with Crippen molar-refractivity contribution in [2.24, 2.45) is 5.10 Å². The van der Waals surface area contributed by atoms with Crippen LogP contribution in [-0.4, -0.2) is 23.7 Å². The minimum Gasteiger partial charge on any atom is -0.494 e. The second-order valence-corrected chi connectivity index (χ2v) is 8.39. The van der Waals surface area contributed by atoms with E-state index in [9.17, 15) is 4.79 Å². The van der Waals surface area contributed by atoms with Gasteiger partial charge < -0.3 is 10.5 Å². The summed E-state index contributed by atoms with van der Waals surface area (Å²) >= 11 is 1.41. The summed E-state index contributed by atoms with van der Waals surface area (Å²) in [6.07, 6.45) is 3.81. The molecule has 4 aromatic rings. The number of carbonyl (C=O) groups excluding carboxylic acids is 1. The first-order valence-electron chi connectivity index (χ1n) is 10.4. The highest BCUT2D eigenvalue weighted by atomic mass is 32.1. The zero-order valence-corrected chi connectivity index (χ0v) is 18.3. The van der Waals surface area contributed by atoms with Crippen LogP contribution in [0.5, 0.6) is 5.75 Å². The van der Waals surface area contributed by atoms with E-state index in [4.69, 9.17) is 10.5 Å². The van der Waals surface area contributed by atoms with Crippen LogP contribution in [0.25, 0.3) is 10.2 Å². The van der Waals surface area contributed by atoms with Crippen molar-refractivity contribution in [3.05, 3.63) is 89.5 Å². The maximum absolute atomic E-state index is 12.2. The lowest BCUT2D eigenvalue weighted by molar-refractivity contribution is -0.120. The van der Waals surface area contributed by atoms with E-state index in [1.807, 2.05) is 48.5 Å². The number of hydrogen-bond acceptors (Lipinski definition) is 6. The number of thiazole rings is 1. The van der Waals surface area contributed by atoms with Crippen LogP contribution in [-0.2, 0) is 17.6 Å². The van der Waals surface area contributed by atoms with Crippen LogP contribution in [0, 0.1) is 0 Å². The Balaban J connectivity index is 1.20. The van der Waals surface area contributed by atoms with Gasteiger partial charge in [-0.25, -0.2) is 10.4 Å². The molecule has 0 fully saturated rings. The van der Waals surface area contributed by atoms with Gasteiger partial charge in [0, 0.05) is 0 Å². The normalized spacial score (nSPS) is 11.1. The van der Waals surface area contributed by atoms with E-state index < -0.39 is 0 Å². The summed E-state index contributed by atoms with van der Waals surface area (Å²) in [7, 11) is 0. The SMILES string of the molecule is Nc1nc2ccc(CC(=O)N/N=C\c3ccc(OCCCc4ccccc4)cc3)cc2s1. The summed E-state index contributed by atoms with van der Waals surface area (Å²) in [5.41, 5.74) is 12.2. The average molecular weight is 445 g/mol. The number of rotatable bonds is 9. The molecule has 0 radical (unpaired) electrons. The van der Waals surface area contributed by atoms with Gasteiger partial charge in [0.05, 0.1) is 29.5 Å². The number of ether oxygens (including phenoxy) is 1. The van der Waals surface area contributed by atoms with Crippen molar-refractivity contribution in [2.75, 3.05) is 12.3 Å². The fraction of sp³-hybridized carbons (Fsp3) is 0.160. The number of nitrogens with two attached hydrogens (primary N) is 1. The lowest BCUT2D eigenvalue weighted by Crippen LogP contribution is -2.19. The fourth-order valence-corrected chi connectivity index (χ4v) is 4.06. The lowest BCUT2D eigenvalue weighted by Gasteiger charge is -2.06. The number of hydrazone groups is 1. The highest BCUT2D eigenvalue weighted by molar-refractivity contribution is 7.22. The van der Waals surface area contributed by atoms with Gasteiger partial charge in [-0.05, 0) is 65.9 Å². The molecular weight excluding hydrogens is 420 g/mol. The highest BCUT2D eigenvalue weighted by Crippen LogP contribution is 2.24. The van der Waals surface area contributed by atoms with Gasteiger partial charge in [-0.2, -0.15) is 5.10 Å². The lowest BCUT2D eigenvalue weighted by atomic mass is 10.1.